The molecule has 1 aliphatic rings. The number of rotatable bonds is 6. The Labute approximate surface area is 206 Å². The topological polar surface area (TPSA) is 65.0 Å². The van der Waals surface area contributed by atoms with E-state index in [2.05, 4.69) is 19.9 Å². The molecule has 0 aromatic heterocycles. The summed E-state index contributed by atoms with van der Waals surface area (Å²) in [5.41, 5.74) is 6.10. The van der Waals surface area contributed by atoms with E-state index >= 15 is 0 Å². The van der Waals surface area contributed by atoms with Gasteiger partial charge in [0.25, 0.3) is 0 Å². The largest absolute Gasteiger partial charge is 0.530 e. The molecule has 1 saturated heterocycles. The van der Waals surface area contributed by atoms with E-state index in [1.54, 1.807) is 18.2 Å². The van der Waals surface area contributed by atoms with Crippen LogP contribution < -0.4 is 4.52 Å². The van der Waals surface area contributed by atoms with Gasteiger partial charge < -0.3 is 9.63 Å². The Morgan fingerprint density at radius 3 is 2.53 bits per heavy atom. The van der Waals surface area contributed by atoms with Crippen LogP contribution in [0.15, 0.2) is 54.6 Å². The quantitative estimate of drug-likeness (QED) is 0.347. The molecule has 0 amide bonds. The molecule has 2 unspecified atom stereocenters. The van der Waals surface area contributed by atoms with Crippen molar-refractivity contribution in [3.8, 4) is 11.5 Å². The summed E-state index contributed by atoms with van der Waals surface area (Å²) in [5, 5.41) is 10.7. The first-order valence-corrected chi connectivity index (χ1v) is 13.3. The Bertz CT molecular complexity index is 1220. The Kier molecular flexibility index (Phi) is 7.39. The van der Waals surface area contributed by atoms with Crippen molar-refractivity contribution in [2.24, 2.45) is 0 Å². The molecule has 180 valence electrons. The number of hydrogen-bond donors (Lipinski definition) is 1. The molecular weight excluding hydrogens is 471 g/mol. The highest BCUT2D eigenvalue weighted by Crippen LogP contribution is 2.57. The number of aromatic hydroxyl groups is 1. The summed E-state index contributed by atoms with van der Waals surface area (Å²) in [6.07, 6.45) is 0.874. The minimum Gasteiger partial charge on any atom is -0.508 e. The lowest BCUT2D eigenvalue weighted by Crippen LogP contribution is -2.16. The Hall–Kier alpha value is -2.30. The maximum Gasteiger partial charge on any atom is 0.530 e. The van der Waals surface area contributed by atoms with E-state index in [1.165, 1.54) is 0 Å². The third kappa shape index (κ3) is 5.67. The zero-order valence-electron chi connectivity index (χ0n) is 19.9. The van der Waals surface area contributed by atoms with Gasteiger partial charge in [-0.3, -0.25) is 9.05 Å². The van der Waals surface area contributed by atoms with E-state index in [9.17, 15) is 9.67 Å². The smallest absolute Gasteiger partial charge is 0.508 e. The van der Waals surface area contributed by atoms with Gasteiger partial charge in [0.05, 0.1) is 12.7 Å². The molecular formula is C27H30ClO5P. The highest BCUT2D eigenvalue weighted by molar-refractivity contribution is 7.49. The van der Waals surface area contributed by atoms with Crippen molar-refractivity contribution in [1.82, 2.24) is 0 Å². The fourth-order valence-electron chi connectivity index (χ4n) is 4.29. The van der Waals surface area contributed by atoms with Gasteiger partial charge in [0.15, 0.2) is 0 Å². The second-order valence-electron chi connectivity index (χ2n) is 9.07. The molecule has 1 N–H and O–H groups in total. The van der Waals surface area contributed by atoms with Gasteiger partial charge in [-0.15, -0.1) is 0 Å². The summed E-state index contributed by atoms with van der Waals surface area (Å²) in [6.45, 7) is 8.41. The Morgan fingerprint density at radius 1 is 1.12 bits per heavy atom. The van der Waals surface area contributed by atoms with E-state index in [1.807, 2.05) is 44.2 Å². The normalized spacial score (nSPS) is 20.5. The second-order valence-corrected chi connectivity index (χ2v) is 11.1. The van der Waals surface area contributed by atoms with Gasteiger partial charge in [0.1, 0.15) is 11.5 Å². The number of phosphoric acid groups is 1. The number of aryl methyl sites for hydroxylation is 2. The average Bonchev–Trinajstić information content (AvgIpc) is 2.77. The molecule has 0 bridgehead atoms. The van der Waals surface area contributed by atoms with Crippen molar-refractivity contribution in [2.45, 2.75) is 52.6 Å². The lowest BCUT2D eigenvalue weighted by Gasteiger charge is -2.29. The molecule has 5 nitrogen and oxygen atoms in total. The summed E-state index contributed by atoms with van der Waals surface area (Å²) in [4.78, 5) is 0. The number of phosphoric ester groups is 1. The van der Waals surface area contributed by atoms with E-state index in [4.69, 9.17) is 25.2 Å². The molecule has 34 heavy (non-hydrogen) atoms. The Morgan fingerprint density at radius 2 is 1.85 bits per heavy atom. The third-order valence-electron chi connectivity index (χ3n) is 6.09. The molecule has 0 aliphatic carbocycles. The lowest BCUT2D eigenvalue weighted by molar-refractivity contribution is 0.0509. The molecule has 3 aromatic carbocycles. The van der Waals surface area contributed by atoms with Crippen molar-refractivity contribution in [2.75, 3.05) is 6.61 Å². The van der Waals surface area contributed by atoms with Crippen LogP contribution in [0.3, 0.4) is 0 Å². The summed E-state index contributed by atoms with van der Waals surface area (Å²) < 4.78 is 30.3. The molecule has 1 fully saturated rings. The molecule has 3 aromatic rings. The lowest BCUT2D eigenvalue weighted by atomic mass is 9.93. The average molecular weight is 501 g/mol. The van der Waals surface area contributed by atoms with Crippen LogP contribution in [0.4, 0.5) is 0 Å². The van der Waals surface area contributed by atoms with Crippen molar-refractivity contribution in [1.29, 1.82) is 0 Å². The predicted octanol–water partition coefficient (Wildman–Crippen LogP) is 8.04. The summed E-state index contributed by atoms with van der Waals surface area (Å²) in [6, 6.07) is 16.8. The summed E-state index contributed by atoms with van der Waals surface area (Å²) in [5.74, 6) is 1.01. The van der Waals surface area contributed by atoms with Crippen LogP contribution in [0.1, 0.15) is 65.7 Å². The molecule has 4 rings (SSSR count). The van der Waals surface area contributed by atoms with Gasteiger partial charge in [-0.1, -0.05) is 49.7 Å². The first-order chi connectivity index (χ1) is 16.1. The molecule has 2 atom stereocenters. The molecule has 1 aliphatic heterocycles. The van der Waals surface area contributed by atoms with Gasteiger partial charge in [0, 0.05) is 11.4 Å². The first kappa shape index (κ1) is 24.8. The Balaban J connectivity index is 1.53. The molecule has 7 heteroatoms. The van der Waals surface area contributed by atoms with Crippen LogP contribution in [0, 0.1) is 13.8 Å². The second kappa shape index (κ2) is 10.1. The van der Waals surface area contributed by atoms with Crippen LogP contribution in [0.25, 0.3) is 0 Å². The fourth-order valence-corrected chi connectivity index (χ4v) is 5.87. The maximum atomic E-state index is 13.3. The zero-order chi connectivity index (χ0) is 24.5. The van der Waals surface area contributed by atoms with Gasteiger partial charge in [-0.05, 0) is 89.9 Å². The van der Waals surface area contributed by atoms with E-state index in [0.717, 1.165) is 39.8 Å². The number of phenolic OH excluding ortho intramolecular Hbond substituents is 1. The minimum absolute atomic E-state index is 0.237. The van der Waals surface area contributed by atoms with Gasteiger partial charge >= 0.3 is 7.82 Å². The van der Waals surface area contributed by atoms with E-state index in [-0.39, 0.29) is 12.5 Å². The maximum absolute atomic E-state index is 13.3. The van der Waals surface area contributed by atoms with Gasteiger partial charge in [-0.2, -0.15) is 0 Å². The SMILES string of the molecule is Cc1cc(OP2(=O)OCCC(c3cccc(Cl)c3)O2)cc(C)c1Cc1ccc(O)c(C(C)C)c1. The van der Waals surface area contributed by atoms with Crippen LogP contribution >= 0.6 is 19.4 Å². The molecule has 0 radical (unpaired) electrons. The van der Waals surface area contributed by atoms with E-state index < -0.39 is 13.9 Å². The number of benzene rings is 3. The van der Waals surface area contributed by atoms with Crippen LogP contribution in [0.5, 0.6) is 11.5 Å². The first-order valence-electron chi connectivity index (χ1n) is 11.4. The molecule has 1 heterocycles. The summed E-state index contributed by atoms with van der Waals surface area (Å²) >= 11 is 6.10. The predicted molar refractivity (Wildman–Crippen MR) is 135 cm³/mol. The standard InChI is InChI=1S/C27H30ClO5P/c1-17(2)24-14-20(8-9-26(24)29)15-25-18(3)12-23(13-19(25)4)32-34(30)31-11-10-27(33-34)21-6-5-7-22(28)16-21/h5-9,12-14,16-17,27,29H,10-11,15H2,1-4H3. The van der Waals surface area contributed by atoms with Crippen molar-refractivity contribution in [3.63, 3.8) is 0 Å². The summed E-state index contributed by atoms with van der Waals surface area (Å²) in [7, 11) is -3.79. The molecule has 0 saturated carbocycles. The van der Waals surface area contributed by atoms with Crippen molar-refractivity contribution < 1.29 is 23.2 Å². The third-order valence-corrected chi connectivity index (χ3v) is 7.77. The fraction of sp³-hybridized carbons (Fsp3) is 0.333. The van der Waals surface area contributed by atoms with Crippen LogP contribution in [0.2, 0.25) is 5.02 Å². The monoisotopic (exact) mass is 500 g/mol. The number of halogens is 1. The van der Waals surface area contributed by atoms with Gasteiger partial charge in [-0.25, -0.2) is 4.57 Å². The van der Waals surface area contributed by atoms with Crippen molar-refractivity contribution >= 4 is 19.4 Å². The highest BCUT2D eigenvalue weighted by atomic mass is 35.5. The van der Waals surface area contributed by atoms with Crippen LogP contribution in [-0.4, -0.2) is 11.7 Å². The zero-order valence-corrected chi connectivity index (χ0v) is 21.5. The van der Waals surface area contributed by atoms with Gasteiger partial charge in [0.2, 0.25) is 0 Å². The van der Waals surface area contributed by atoms with Crippen LogP contribution in [-0.2, 0) is 20.0 Å². The number of phenols is 1. The number of hydrogen-bond acceptors (Lipinski definition) is 5. The highest BCUT2D eigenvalue weighted by Gasteiger charge is 2.37. The molecule has 0 spiro atoms. The minimum atomic E-state index is -3.79. The van der Waals surface area contributed by atoms with E-state index in [0.29, 0.717) is 22.9 Å². The van der Waals surface area contributed by atoms with Crippen molar-refractivity contribution in [3.05, 3.63) is 93.0 Å².